The highest BCUT2D eigenvalue weighted by atomic mass is 32.2. The second-order valence-electron chi connectivity index (χ2n) is 7.04. The van der Waals surface area contributed by atoms with Gasteiger partial charge in [-0.15, -0.1) is 0 Å². The molecule has 0 aromatic heterocycles. The van der Waals surface area contributed by atoms with Gasteiger partial charge in [-0.3, -0.25) is 0 Å². The summed E-state index contributed by atoms with van der Waals surface area (Å²) in [5, 5.41) is 7.73. The van der Waals surface area contributed by atoms with E-state index in [0.717, 1.165) is 18.0 Å². The van der Waals surface area contributed by atoms with E-state index in [2.05, 4.69) is 29.3 Å². The molecule has 3 heteroatoms. The van der Waals surface area contributed by atoms with E-state index in [1.54, 1.807) is 0 Å². The number of hydrogen-bond donors (Lipinski definition) is 2. The Labute approximate surface area is 122 Å². The van der Waals surface area contributed by atoms with Gasteiger partial charge in [-0.1, -0.05) is 12.8 Å². The molecule has 2 heterocycles. The minimum absolute atomic E-state index is 0.521. The van der Waals surface area contributed by atoms with Gasteiger partial charge in [-0.2, -0.15) is 11.8 Å². The predicted molar refractivity (Wildman–Crippen MR) is 84.9 cm³/mol. The molecular formula is C16H30N2S. The lowest BCUT2D eigenvalue weighted by atomic mass is 9.88. The zero-order valence-electron chi connectivity index (χ0n) is 12.4. The molecule has 110 valence electrons. The Morgan fingerprint density at radius 1 is 1.16 bits per heavy atom. The number of hydrogen-bond acceptors (Lipinski definition) is 3. The van der Waals surface area contributed by atoms with Gasteiger partial charge in [0.2, 0.25) is 0 Å². The Morgan fingerprint density at radius 2 is 2.11 bits per heavy atom. The van der Waals surface area contributed by atoms with Crippen molar-refractivity contribution in [1.29, 1.82) is 0 Å². The van der Waals surface area contributed by atoms with Gasteiger partial charge in [0, 0.05) is 23.4 Å². The van der Waals surface area contributed by atoms with Crippen molar-refractivity contribution in [2.45, 2.75) is 75.1 Å². The third-order valence-corrected chi connectivity index (χ3v) is 7.01. The molecule has 2 nitrogen and oxygen atoms in total. The van der Waals surface area contributed by atoms with E-state index in [9.17, 15) is 0 Å². The number of piperidine rings is 1. The Bertz CT molecular complexity index is 282. The molecule has 0 aromatic carbocycles. The normalized spacial score (nSPS) is 43.7. The largest absolute Gasteiger partial charge is 0.314 e. The fourth-order valence-electron chi connectivity index (χ4n) is 4.29. The van der Waals surface area contributed by atoms with Gasteiger partial charge in [-0.25, -0.2) is 0 Å². The second kappa shape index (κ2) is 6.36. The first-order chi connectivity index (χ1) is 9.27. The third kappa shape index (κ3) is 3.48. The lowest BCUT2D eigenvalue weighted by molar-refractivity contribution is 0.254. The van der Waals surface area contributed by atoms with E-state index in [4.69, 9.17) is 0 Å². The fraction of sp³-hybridized carbons (Fsp3) is 1.00. The van der Waals surface area contributed by atoms with Crippen molar-refractivity contribution in [2.75, 3.05) is 18.8 Å². The van der Waals surface area contributed by atoms with E-state index >= 15 is 0 Å². The van der Waals surface area contributed by atoms with E-state index in [-0.39, 0.29) is 0 Å². The molecule has 3 fully saturated rings. The molecule has 1 saturated carbocycles. The van der Waals surface area contributed by atoms with Crippen molar-refractivity contribution in [3.63, 3.8) is 0 Å². The maximum Gasteiger partial charge on any atom is 0.0256 e. The van der Waals surface area contributed by atoms with Gasteiger partial charge in [0.25, 0.3) is 0 Å². The standard InChI is InChI=1S/C16H30N2S/c1-16(9-5-11-19-16)12-18-15-8-4-6-13(15)14-7-2-3-10-17-14/h13-15,17-18H,2-12H2,1H3. The maximum atomic E-state index is 3.95. The SMILES string of the molecule is CC1(CNC2CCCC2C2CCCCN2)CCCS1. The molecule has 2 N–H and O–H groups in total. The lowest BCUT2D eigenvalue weighted by Gasteiger charge is -2.34. The Morgan fingerprint density at radius 3 is 2.84 bits per heavy atom. The molecule has 4 atom stereocenters. The topological polar surface area (TPSA) is 24.1 Å². The van der Waals surface area contributed by atoms with Crippen LogP contribution in [0.1, 0.15) is 58.3 Å². The minimum atomic E-state index is 0.521. The fourth-order valence-corrected chi connectivity index (χ4v) is 5.55. The van der Waals surface area contributed by atoms with Crippen LogP contribution in [0.15, 0.2) is 0 Å². The van der Waals surface area contributed by atoms with Gasteiger partial charge < -0.3 is 10.6 Å². The predicted octanol–water partition coefficient (Wildman–Crippen LogP) is 3.17. The number of rotatable bonds is 4. The molecule has 3 aliphatic rings. The summed E-state index contributed by atoms with van der Waals surface area (Å²) in [5.74, 6) is 2.27. The van der Waals surface area contributed by atoms with Crippen molar-refractivity contribution in [2.24, 2.45) is 5.92 Å². The van der Waals surface area contributed by atoms with E-state index in [0.29, 0.717) is 4.75 Å². The molecule has 0 radical (unpaired) electrons. The molecule has 2 saturated heterocycles. The first-order valence-electron chi connectivity index (χ1n) is 8.38. The van der Waals surface area contributed by atoms with Gasteiger partial charge in [0.15, 0.2) is 0 Å². The van der Waals surface area contributed by atoms with Crippen LogP contribution in [0.5, 0.6) is 0 Å². The average molecular weight is 282 g/mol. The van der Waals surface area contributed by atoms with E-state index < -0.39 is 0 Å². The van der Waals surface area contributed by atoms with Crippen molar-refractivity contribution in [3.05, 3.63) is 0 Å². The smallest absolute Gasteiger partial charge is 0.0256 e. The second-order valence-corrected chi connectivity index (χ2v) is 8.72. The summed E-state index contributed by atoms with van der Waals surface area (Å²) in [7, 11) is 0. The molecule has 0 spiro atoms. The van der Waals surface area contributed by atoms with Crippen molar-refractivity contribution in [1.82, 2.24) is 10.6 Å². The Hall–Kier alpha value is 0.270. The van der Waals surface area contributed by atoms with Crippen LogP contribution < -0.4 is 10.6 Å². The number of nitrogens with one attached hydrogen (secondary N) is 2. The average Bonchev–Trinajstić information content (AvgIpc) is 3.07. The summed E-state index contributed by atoms with van der Waals surface area (Å²) in [6.07, 6.45) is 11.3. The van der Waals surface area contributed by atoms with Crippen LogP contribution in [-0.2, 0) is 0 Å². The van der Waals surface area contributed by atoms with Gasteiger partial charge in [0.05, 0.1) is 0 Å². The van der Waals surface area contributed by atoms with Crippen LogP contribution in [-0.4, -0.2) is 35.7 Å². The van der Waals surface area contributed by atoms with Gasteiger partial charge >= 0.3 is 0 Å². The summed E-state index contributed by atoms with van der Waals surface area (Å²) in [5.41, 5.74) is 0. The molecule has 0 bridgehead atoms. The zero-order chi connectivity index (χ0) is 13.1. The molecule has 0 aromatic rings. The molecule has 0 amide bonds. The van der Waals surface area contributed by atoms with Gasteiger partial charge in [0.1, 0.15) is 0 Å². The monoisotopic (exact) mass is 282 g/mol. The number of thioether (sulfide) groups is 1. The Kier molecular flexibility index (Phi) is 4.76. The lowest BCUT2D eigenvalue weighted by Crippen LogP contribution is -2.49. The van der Waals surface area contributed by atoms with Crippen LogP contribution in [0.3, 0.4) is 0 Å². The molecule has 3 rings (SSSR count). The molecule has 4 unspecified atom stereocenters. The summed E-state index contributed by atoms with van der Waals surface area (Å²) < 4.78 is 0.521. The highest BCUT2D eigenvalue weighted by Crippen LogP contribution is 2.38. The Balaban J connectivity index is 1.51. The van der Waals surface area contributed by atoms with Crippen LogP contribution >= 0.6 is 11.8 Å². The minimum Gasteiger partial charge on any atom is -0.314 e. The van der Waals surface area contributed by atoms with Crippen molar-refractivity contribution in [3.8, 4) is 0 Å². The molecule has 1 aliphatic carbocycles. The maximum absolute atomic E-state index is 3.95. The van der Waals surface area contributed by atoms with Crippen molar-refractivity contribution < 1.29 is 0 Å². The molecule has 19 heavy (non-hydrogen) atoms. The van der Waals surface area contributed by atoms with E-state index in [1.165, 1.54) is 70.2 Å². The van der Waals surface area contributed by atoms with Crippen LogP contribution in [0.2, 0.25) is 0 Å². The zero-order valence-corrected chi connectivity index (χ0v) is 13.2. The highest BCUT2D eigenvalue weighted by molar-refractivity contribution is 8.00. The van der Waals surface area contributed by atoms with E-state index in [1.807, 2.05) is 0 Å². The van der Waals surface area contributed by atoms with Gasteiger partial charge in [-0.05, 0) is 63.7 Å². The van der Waals surface area contributed by atoms with Crippen LogP contribution in [0.4, 0.5) is 0 Å². The first-order valence-corrected chi connectivity index (χ1v) is 9.36. The highest BCUT2D eigenvalue weighted by Gasteiger charge is 2.36. The summed E-state index contributed by atoms with van der Waals surface area (Å²) in [4.78, 5) is 0. The summed E-state index contributed by atoms with van der Waals surface area (Å²) >= 11 is 2.19. The summed E-state index contributed by atoms with van der Waals surface area (Å²) in [6.45, 7) is 4.94. The van der Waals surface area contributed by atoms with Crippen LogP contribution in [0, 0.1) is 5.92 Å². The molecular weight excluding hydrogens is 252 g/mol. The van der Waals surface area contributed by atoms with Crippen LogP contribution in [0.25, 0.3) is 0 Å². The first kappa shape index (κ1) is 14.2. The van der Waals surface area contributed by atoms with Crippen molar-refractivity contribution >= 4 is 11.8 Å². The third-order valence-electron chi connectivity index (χ3n) is 5.47. The quantitative estimate of drug-likeness (QED) is 0.828. The summed E-state index contributed by atoms with van der Waals surface area (Å²) in [6, 6.07) is 1.59. The molecule has 2 aliphatic heterocycles.